The van der Waals surface area contributed by atoms with Crippen molar-refractivity contribution in [2.45, 2.75) is 45.6 Å². The van der Waals surface area contributed by atoms with Crippen LogP contribution < -0.4 is 11.3 Å². The van der Waals surface area contributed by atoms with E-state index in [4.69, 9.17) is 17.4 Å². The van der Waals surface area contributed by atoms with Crippen molar-refractivity contribution in [1.82, 2.24) is 5.43 Å². The van der Waals surface area contributed by atoms with Gasteiger partial charge in [0.1, 0.15) is 0 Å². The molecule has 1 aliphatic rings. The Bertz CT molecular complexity index is 405. The lowest BCUT2D eigenvalue weighted by atomic mass is 9.76. The second-order valence-electron chi connectivity index (χ2n) is 5.63. The van der Waals surface area contributed by atoms with Gasteiger partial charge in [-0.05, 0) is 48.8 Å². The van der Waals surface area contributed by atoms with E-state index in [1.54, 1.807) is 0 Å². The highest BCUT2D eigenvalue weighted by Crippen LogP contribution is 2.38. The summed E-state index contributed by atoms with van der Waals surface area (Å²) in [5.41, 5.74) is 5.42. The molecule has 3 heteroatoms. The van der Waals surface area contributed by atoms with Gasteiger partial charge in [0.25, 0.3) is 0 Å². The summed E-state index contributed by atoms with van der Waals surface area (Å²) in [6, 6.07) is 6.33. The van der Waals surface area contributed by atoms with Crippen LogP contribution in [0, 0.1) is 18.8 Å². The van der Waals surface area contributed by atoms with Crippen LogP contribution in [0.1, 0.15) is 49.8 Å². The Morgan fingerprint density at radius 1 is 1.39 bits per heavy atom. The van der Waals surface area contributed by atoms with E-state index in [1.165, 1.54) is 31.2 Å². The summed E-state index contributed by atoms with van der Waals surface area (Å²) in [5, 5.41) is 0.830. The van der Waals surface area contributed by atoms with Crippen LogP contribution in [0.3, 0.4) is 0 Å². The van der Waals surface area contributed by atoms with Gasteiger partial charge in [0, 0.05) is 11.1 Å². The molecule has 1 saturated carbocycles. The minimum atomic E-state index is 0.228. The summed E-state index contributed by atoms with van der Waals surface area (Å²) >= 11 is 6.21. The lowest BCUT2D eigenvalue weighted by molar-refractivity contribution is 0.224. The fourth-order valence-electron chi connectivity index (χ4n) is 3.22. The summed E-state index contributed by atoms with van der Waals surface area (Å²) < 4.78 is 0. The van der Waals surface area contributed by atoms with Crippen molar-refractivity contribution in [3.63, 3.8) is 0 Å². The van der Waals surface area contributed by atoms with Crippen LogP contribution in [0.15, 0.2) is 18.2 Å². The Kier molecular flexibility index (Phi) is 4.66. The normalized spacial score (nSPS) is 26.0. The highest BCUT2D eigenvalue weighted by atomic mass is 35.5. The predicted octanol–water partition coefficient (Wildman–Crippen LogP) is 3.98. The quantitative estimate of drug-likeness (QED) is 0.642. The van der Waals surface area contributed by atoms with Gasteiger partial charge in [-0.1, -0.05) is 43.5 Å². The Hall–Kier alpha value is -0.570. The third-order valence-electron chi connectivity index (χ3n) is 4.27. The van der Waals surface area contributed by atoms with Gasteiger partial charge in [-0.3, -0.25) is 11.3 Å². The van der Waals surface area contributed by atoms with Gasteiger partial charge >= 0.3 is 0 Å². The number of benzene rings is 1. The van der Waals surface area contributed by atoms with E-state index < -0.39 is 0 Å². The number of nitrogens with one attached hydrogen (secondary N) is 1. The van der Waals surface area contributed by atoms with Crippen molar-refractivity contribution in [3.05, 3.63) is 34.3 Å². The molecule has 0 aromatic heterocycles. The van der Waals surface area contributed by atoms with E-state index >= 15 is 0 Å². The number of halogens is 1. The minimum absolute atomic E-state index is 0.228. The first kappa shape index (κ1) is 13.9. The summed E-state index contributed by atoms with van der Waals surface area (Å²) in [5.74, 6) is 7.23. The smallest absolute Gasteiger partial charge is 0.0491 e. The van der Waals surface area contributed by atoms with Crippen LogP contribution in [0.5, 0.6) is 0 Å². The Morgan fingerprint density at radius 3 is 2.83 bits per heavy atom. The van der Waals surface area contributed by atoms with Crippen molar-refractivity contribution in [2.24, 2.45) is 17.7 Å². The molecule has 2 nitrogen and oxygen atoms in total. The molecule has 1 aromatic rings. The van der Waals surface area contributed by atoms with Crippen molar-refractivity contribution in [3.8, 4) is 0 Å². The standard InChI is InChI=1S/C15H23ClN2/c1-10-5-3-6-12(9-10)15(18-17)13-7-4-8-14(16)11(13)2/h4,7-8,10,12,15,18H,3,5-6,9,17H2,1-2H3. The third-order valence-corrected chi connectivity index (χ3v) is 4.68. The van der Waals surface area contributed by atoms with Gasteiger partial charge in [0.05, 0.1) is 0 Å². The monoisotopic (exact) mass is 266 g/mol. The molecule has 3 atom stereocenters. The molecule has 0 aliphatic heterocycles. The lowest BCUT2D eigenvalue weighted by Gasteiger charge is -2.34. The molecule has 3 unspecified atom stereocenters. The van der Waals surface area contributed by atoms with E-state index in [0.717, 1.165) is 16.5 Å². The van der Waals surface area contributed by atoms with E-state index in [9.17, 15) is 0 Å². The van der Waals surface area contributed by atoms with Gasteiger partial charge < -0.3 is 0 Å². The van der Waals surface area contributed by atoms with Crippen molar-refractivity contribution in [1.29, 1.82) is 0 Å². The van der Waals surface area contributed by atoms with Gasteiger partial charge in [-0.15, -0.1) is 0 Å². The van der Waals surface area contributed by atoms with Crippen LogP contribution in [0.25, 0.3) is 0 Å². The molecular weight excluding hydrogens is 244 g/mol. The van der Waals surface area contributed by atoms with Crippen LogP contribution in [0.4, 0.5) is 0 Å². The third kappa shape index (κ3) is 2.87. The second kappa shape index (κ2) is 6.05. The zero-order chi connectivity index (χ0) is 13.1. The molecule has 100 valence electrons. The number of rotatable bonds is 3. The molecule has 1 aliphatic carbocycles. The zero-order valence-electron chi connectivity index (χ0n) is 11.2. The molecule has 0 heterocycles. The molecule has 1 aromatic carbocycles. The summed E-state index contributed by atoms with van der Waals surface area (Å²) in [6.07, 6.45) is 5.16. The van der Waals surface area contributed by atoms with Gasteiger partial charge in [-0.2, -0.15) is 0 Å². The first-order valence-corrected chi connectivity index (χ1v) is 7.22. The van der Waals surface area contributed by atoms with Crippen LogP contribution in [-0.2, 0) is 0 Å². The Morgan fingerprint density at radius 2 is 2.17 bits per heavy atom. The number of hydrogen-bond acceptors (Lipinski definition) is 2. The van der Waals surface area contributed by atoms with Gasteiger partial charge in [0.15, 0.2) is 0 Å². The molecule has 0 radical (unpaired) electrons. The van der Waals surface area contributed by atoms with Crippen molar-refractivity contribution < 1.29 is 0 Å². The number of hydrogen-bond donors (Lipinski definition) is 2. The average Bonchev–Trinajstić information content (AvgIpc) is 2.35. The van der Waals surface area contributed by atoms with E-state index in [2.05, 4.69) is 25.3 Å². The van der Waals surface area contributed by atoms with Crippen molar-refractivity contribution in [2.75, 3.05) is 0 Å². The summed E-state index contributed by atoms with van der Waals surface area (Å²) in [6.45, 7) is 4.42. The summed E-state index contributed by atoms with van der Waals surface area (Å²) in [4.78, 5) is 0. The largest absolute Gasteiger partial charge is 0.271 e. The Balaban J connectivity index is 2.24. The second-order valence-corrected chi connectivity index (χ2v) is 6.04. The molecule has 0 bridgehead atoms. The zero-order valence-corrected chi connectivity index (χ0v) is 12.0. The maximum atomic E-state index is 6.21. The predicted molar refractivity (Wildman–Crippen MR) is 77.4 cm³/mol. The Labute approximate surface area is 115 Å². The lowest BCUT2D eigenvalue weighted by Crippen LogP contribution is -2.36. The van der Waals surface area contributed by atoms with E-state index in [1.807, 2.05) is 12.1 Å². The number of hydrazine groups is 1. The fraction of sp³-hybridized carbons (Fsp3) is 0.600. The number of nitrogens with two attached hydrogens (primary N) is 1. The van der Waals surface area contributed by atoms with Crippen LogP contribution in [0.2, 0.25) is 5.02 Å². The SMILES string of the molecule is Cc1c(Cl)cccc1C(NN)C1CCCC(C)C1. The van der Waals surface area contributed by atoms with E-state index in [-0.39, 0.29) is 6.04 Å². The molecule has 1 fully saturated rings. The molecule has 2 rings (SSSR count). The average molecular weight is 267 g/mol. The molecule has 0 saturated heterocycles. The topological polar surface area (TPSA) is 38.0 Å². The first-order valence-electron chi connectivity index (χ1n) is 6.84. The first-order chi connectivity index (χ1) is 8.63. The van der Waals surface area contributed by atoms with Gasteiger partial charge in [-0.25, -0.2) is 0 Å². The molecule has 0 amide bonds. The molecule has 18 heavy (non-hydrogen) atoms. The molecular formula is C15H23ClN2. The fourth-order valence-corrected chi connectivity index (χ4v) is 3.41. The maximum absolute atomic E-state index is 6.21. The highest BCUT2D eigenvalue weighted by Gasteiger charge is 2.28. The van der Waals surface area contributed by atoms with Crippen LogP contribution >= 0.6 is 11.6 Å². The van der Waals surface area contributed by atoms with Gasteiger partial charge in [0.2, 0.25) is 0 Å². The minimum Gasteiger partial charge on any atom is -0.271 e. The van der Waals surface area contributed by atoms with Crippen molar-refractivity contribution >= 4 is 11.6 Å². The molecule has 0 spiro atoms. The van der Waals surface area contributed by atoms with E-state index in [0.29, 0.717) is 5.92 Å². The molecule has 3 N–H and O–H groups in total. The summed E-state index contributed by atoms with van der Waals surface area (Å²) in [7, 11) is 0. The highest BCUT2D eigenvalue weighted by molar-refractivity contribution is 6.31. The van der Waals surface area contributed by atoms with Crippen LogP contribution in [-0.4, -0.2) is 0 Å². The maximum Gasteiger partial charge on any atom is 0.0491 e.